The maximum atomic E-state index is 12.4. The first kappa shape index (κ1) is 13.0. The average molecular weight is 312 g/mol. The van der Waals surface area contributed by atoms with E-state index in [1.54, 1.807) is 17.1 Å². The molecule has 0 aliphatic rings. The molecule has 0 aliphatic carbocycles. The molecule has 0 radical (unpaired) electrons. The average Bonchev–Trinajstić information content (AvgIpc) is 3.06. The third-order valence-electron chi connectivity index (χ3n) is 4.29. The Morgan fingerprint density at radius 3 is 2.50 bits per heavy atom. The Kier molecular flexibility index (Phi) is 2.58. The minimum absolute atomic E-state index is 0.134. The van der Waals surface area contributed by atoms with Crippen molar-refractivity contribution in [2.45, 2.75) is 0 Å². The van der Waals surface area contributed by atoms with Crippen LogP contribution in [0.5, 0.6) is 0 Å². The molecule has 0 bridgehead atoms. The van der Waals surface area contributed by atoms with Crippen molar-refractivity contribution in [3.63, 3.8) is 0 Å². The van der Waals surface area contributed by atoms with Crippen LogP contribution in [0.4, 0.5) is 0 Å². The Morgan fingerprint density at radius 1 is 0.833 bits per heavy atom. The van der Waals surface area contributed by atoms with Crippen molar-refractivity contribution in [3.05, 3.63) is 77.3 Å². The standard InChI is InChI=1S/C19H12N4O/c24-19-15-10-20-18-14(11-21-23(18)12-6-2-1-3-7-12)17(15)13-8-4-5-9-16(13)22-19/h1-11H,(H,22,24). The number of aromatic nitrogens is 4. The monoisotopic (exact) mass is 312 g/mol. The predicted molar refractivity (Wildman–Crippen MR) is 94.5 cm³/mol. The van der Waals surface area contributed by atoms with Crippen LogP contribution in [-0.4, -0.2) is 19.7 Å². The van der Waals surface area contributed by atoms with E-state index in [9.17, 15) is 4.79 Å². The summed E-state index contributed by atoms with van der Waals surface area (Å²) in [6.45, 7) is 0. The molecule has 114 valence electrons. The molecule has 0 amide bonds. The Bertz CT molecular complexity index is 1270. The van der Waals surface area contributed by atoms with Crippen molar-refractivity contribution < 1.29 is 0 Å². The van der Waals surface area contributed by atoms with Crippen LogP contribution in [0.2, 0.25) is 0 Å². The summed E-state index contributed by atoms with van der Waals surface area (Å²) in [5, 5.41) is 7.83. The number of pyridine rings is 2. The lowest BCUT2D eigenvalue weighted by molar-refractivity contribution is 0.897. The fraction of sp³-hybridized carbons (Fsp3) is 0. The first-order chi connectivity index (χ1) is 11.8. The first-order valence-corrected chi connectivity index (χ1v) is 7.66. The zero-order valence-electron chi connectivity index (χ0n) is 12.6. The van der Waals surface area contributed by atoms with E-state index in [2.05, 4.69) is 15.1 Å². The van der Waals surface area contributed by atoms with E-state index in [4.69, 9.17) is 0 Å². The number of nitrogens with one attached hydrogen (secondary N) is 1. The lowest BCUT2D eigenvalue weighted by atomic mass is 10.1. The van der Waals surface area contributed by atoms with Gasteiger partial charge in [0.1, 0.15) is 0 Å². The van der Waals surface area contributed by atoms with Gasteiger partial charge in [-0.3, -0.25) is 4.79 Å². The molecule has 0 saturated carbocycles. The molecule has 3 aromatic heterocycles. The molecule has 1 N–H and O–H groups in total. The van der Waals surface area contributed by atoms with Crippen molar-refractivity contribution in [1.82, 2.24) is 19.7 Å². The van der Waals surface area contributed by atoms with Crippen LogP contribution in [0.25, 0.3) is 38.4 Å². The lowest BCUT2D eigenvalue weighted by Gasteiger charge is -2.06. The summed E-state index contributed by atoms with van der Waals surface area (Å²) >= 11 is 0. The fourth-order valence-corrected chi connectivity index (χ4v) is 3.20. The number of hydrogen-bond acceptors (Lipinski definition) is 3. The molecule has 5 rings (SSSR count). The zero-order valence-corrected chi connectivity index (χ0v) is 12.6. The number of H-pyrrole nitrogens is 1. The number of fused-ring (bicyclic) bond motifs is 5. The number of hydrogen-bond donors (Lipinski definition) is 1. The maximum absolute atomic E-state index is 12.4. The smallest absolute Gasteiger partial charge is 0.257 e. The van der Waals surface area contributed by atoms with Crippen LogP contribution < -0.4 is 5.56 Å². The van der Waals surface area contributed by atoms with Crippen molar-refractivity contribution in [3.8, 4) is 5.69 Å². The van der Waals surface area contributed by atoms with Crippen LogP contribution in [-0.2, 0) is 0 Å². The highest BCUT2D eigenvalue weighted by Gasteiger charge is 2.13. The van der Waals surface area contributed by atoms with Crippen LogP contribution >= 0.6 is 0 Å². The summed E-state index contributed by atoms with van der Waals surface area (Å²) in [5.74, 6) is 0. The summed E-state index contributed by atoms with van der Waals surface area (Å²) in [5.41, 5.74) is 2.36. The predicted octanol–water partition coefficient (Wildman–Crippen LogP) is 3.42. The molecule has 24 heavy (non-hydrogen) atoms. The first-order valence-electron chi connectivity index (χ1n) is 7.66. The second kappa shape index (κ2) is 4.76. The van der Waals surface area contributed by atoms with Gasteiger partial charge in [0.2, 0.25) is 0 Å². The molecule has 0 saturated heterocycles. The lowest BCUT2D eigenvalue weighted by Crippen LogP contribution is -2.07. The quantitative estimate of drug-likeness (QED) is 0.482. The van der Waals surface area contributed by atoms with Crippen molar-refractivity contribution in [2.24, 2.45) is 0 Å². The molecule has 3 heterocycles. The molecule has 5 nitrogen and oxygen atoms in total. The third-order valence-corrected chi connectivity index (χ3v) is 4.29. The van der Waals surface area contributed by atoms with E-state index >= 15 is 0 Å². The molecule has 0 fully saturated rings. The van der Waals surface area contributed by atoms with E-state index in [0.717, 1.165) is 33.0 Å². The van der Waals surface area contributed by atoms with Gasteiger partial charge in [-0.05, 0) is 18.2 Å². The van der Waals surface area contributed by atoms with Gasteiger partial charge in [0.15, 0.2) is 5.65 Å². The van der Waals surface area contributed by atoms with Gasteiger partial charge in [-0.15, -0.1) is 0 Å². The van der Waals surface area contributed by atoms with E-state index in [1.165, 1.54) is 0 Å². The number of rotatable bonds is 1. The van der Waals surface area contributed by atoms with E-state index < -0.39 is 0 Å². The Hall–Kier alpha value is -3.47. The molecular weight excluding hydrogens is 300 g/mol. The second-order valence-corrected chi connectivity index (χ2v) is 5.68. The molecule has 0 unspecified atom stereocenters. The molecule has 0 atom stereocenters. The Morgan fingerprint density at radius 2 is 1.62 bits per heavy atom. The molecule has 5 aromatic rings. The summed E-state index contributed by atoms with van der Waals surface area (Å²) in [7, 11) is 0. The molecule has 5 heteroatoms. The SMILES string of the molecule is O=c1[nH]c2ccccc2c2c1cnc1c2cnn1-c1ccccc1. The maximum Gasteiger partial charge on any atom is 0.257 e. The third kappa shape index (κ3) is 1.72. The van der Waals surface area contributed by atoms with Crippen molar-refractivity contribution in [1.29, 1.82) is 0 Å². The van der Waals surface area contributed by atoms with Crippen molar-refractivity contribution >= 4 is 32.7 Å². The highest BCUT2D eigenvalue weighted by Crippen LogP contribution is 2.28. The van der Waals surface area contributed by atoms with Gasteiger partial charge < -0.3 is 4.98 Å². The van der Waals surface area contributed by atoms with Gasteiger partial charge in [-0.2, -0.15) is 5.10 Å². The van der Waals surface area contributed by atoms with Crippen LogP contribution in [0.3, 0.4) is 0 Å². The fourth-order valence-electron chi connectivity index (χ4n) is 3.20. The van der Waals surface area contributed by atoms with Crippen LogP contribution in [0, 0.1) is 0 Å². The Labute approximate surface area is 136 Å². The summed E-state index contributed by atoms with van der Waals surface area (Å²) < 4.78 is 1.80. The topological polar surface area (TPSA) is 63.6 Å². The number of aromatic amines is 1. The molecule has 2 aromatic carbocycles. The summed E-state index contributed by atoms with van der Waals surface area (Å²) in [4.78, 5) is 19.8. The van der Waals surface area contributed by atoms with Gasteiger partial charge in [-0.25, -0.2) is 9.67 Å². The Balaban J connectivity index is 1.98. The van der Waals surface area contributed by atoms with E-state index in [0.29, 0.717) is 5.39 Å². The molecule has 0 aliphatic heterocycles. The summed E-state index contributed by atoms with van der Waals surface area (Å²) in [6, 6.07) is 17.6. The second-order valence-electron chi connectivity index (χ2n) is 5.68. The number of para-hydroxylation sites is 2. The number of nitrogens with zero attached hydrogens (tertiary/aromatic N) is 3. The largest absolute Gasteiger partial charge is 0.321 e. The normalized spacial score (nSPS) is 11.5. The van der Waals surface area contributed by atoms with Crippen LogP contribution in [0.15, 0.2) is 71.8 Å². The minimum Gasteiger partial charge on any atom is -0.321 e. The molecular formula is C19H12N4O. The molecule has 0 spiro atoms. The van der Waals surface area contributed by atoms with Crippen LogP contribution in [0.1, 0.15) is 0 Å². The summed E-state index contributed by atoms with van der Waals surface area (Å²) in [6.07, 6.45) is 3.41. The van der Waals surface area contributed by atoms with Gasteiger partial charge in [0.25, 0.3) is 5.56 Å². The van der Waals surface area contributed by atoms with Gasteiger partial charge in [0.05, 0.1) is 17.3 Å². The van der Waals surface area contributed by atoms with Gasteiger partial charge in [0, 0.05) is 27.9 Å². The highest BCUT2D eigenvalue weighted by molar-refractivity contribution is 6.17. The highest BCUT2D eigenvalue weighted by atomic mass is 16.1. The van der Waals surface area contributed by atoms with E-state index in [1.807, 2.05) is 54.6 Å². The van der Waals surface area contributed by atoms with Crippen molar-refractivity contribution in [2.75, 3.05) is 0 Å². The zero-order chi connectivity index (χ0) is 16.1. The van der Waals surface area contributed by atoms with E-state index in [-0.39, 0.29) is 5.56 Å². The van der Waals surface area contributed by atoms with Gasteiger partial charge >= 0.3 is 0 Å². The number of benzene rings is 2. The van der Waals surface area contributed by atoms with Gasteiger partial charge in [-0.1, -0.05) is 36.4 Å². The minimum atomic E-state index is -0.134.